The van der Waals surface area contributed by atoms with Gasteiger partial charge >= 0.3 is 0 Å². The zero-order chi connectivity index (χ0) is 37.9. The lowest BCUT2D eigenvalue weighted by Crippen LogP contribution is -1.99. The molecule has 13 aromatic rings. The smallest absolute Gasteiger partial charge is 0.159 e. The van der Waals surface area contributed by atoms with Gasteiger partial charge in [0.25, 0.3) is 0 Å². The minimum atomic E-state index is 0.832. The minimum absolute atomic E-state index is 0.832. The predicted molar refractivity (Wildman–Crippen MR) is 240 cm³/mol. The molecule has 0 amide bonds. The van der Waals surface area contributed by atoms with Crippen LogP contribution in [0.1, 0.15) is 0 Å². The Hall–Kier alpha value is -7.89. The summed E-state index contributed by atoms with van der Waals surface area (Å²) in [7, 11) is 0. The number of hydrogen-bond donors (Lipinski definition) is 0. The van der Waals surface area contributed by atoms with Crippen LogP contribution in [0.3, 0.4) is 0 Å². The molecule has 5 aromatic heterocycles. The van der Waals surface area contributed by atoms with Crippen LogP contribution in [-0.4, -0.2) is 18.7 Å². The fraction of sp³-hybridized carbons (Fsp3) is 0. The molecule has 13 rings (SSSR count). The van der Waals surface area contributed by atoms with Gasteiger partial charge in [0.05, 0.1) is 44.5 Å². The molecule has 0 N–H and O–H groups in total. The number of benzene rings is 8. The Morgan fingerprint density at radius 3 is 1.33 bits per heavy atom. The van der Waals surface area contributed by atoms with Crippen LogP contribution in [0, 0.1) is 0 Å². The summed E-state index contributed by atoms with van der Waals surface area (Å²) in [5, 5.41) is 9.40. The van der Waals surface area contributed by atoms with Gasteiger partial charge in [0.15, 0.2) is 5.58 Å². The highest BCUT2D eigenvalue weighted by molar-refractivity contribution is 6.15. The maximum Gasteiger partial charge on any atom is 0.159 e. The van der Waals surface area contributed by atoms with Crippen molar-refractivity contribution in [1.82, 2.24) is 18.7 Å². The summed E-state index contributed by atoms with van der Waals surface area (Å²) in [5.41, 5.74) is 12.5. The van der Waals surface area contributed by atoms with Crippen molar-refractivity contribution < 1.29 is 4.42 Å². The fourth-order valence-electron chi connectivity index (χ4n) is 9.56. The van der Waals surface area contributed by atoms with E-state index in [9.17, 15) is 0 Å². The molecule has 0 saturated carbocycles. The van der Waals surface area contributed by atoms with E-state index in [1.54, 1.807) is 0 Å². The Morgan fingerprint density at radius 2 is 0.810 bits per heavy atom. The van der Waals surface area contributed by atoms with Crippen LogP contribution in [0.2, 0.25) is 0 Å². The molecule has 0 atom stereocenters. The molecule has 5 nitrogen and oxygen atoms in total. The molecule has 270 valence electrons. The molecule has 0 fully saturated rings. The van der Waals surface area contributed by atoms with E-state index in [0.29, 0.717) is 0 Å². The van der Waals surface area contributed by atoms with Crippen LogP contribution in [0.5, 0.6) is 0 Å². The van der Waals surface area contributed by atoms with Crippen molar-refractivity contribution in [3.05, 3.63) is 194 Å². The lowest BCUT2D eigenvalue weighted by Gasteiger charge is -2.14. The van der Waals surface area contributed by atoms with Crippen LogP contribution in [0.4, 0.5) is 0 Å². The van der Waals surface area contributed by atoms with Gasteiger partial charge in [-0.25, -0.2) is 4.98 Å². The van der Waals surface area contributed by atoms with Crippen LogP contribution in [0.25, 0.3) is 116 Å². The number of nitrogens with zero attached hydrogens (tertiary/aromatic N) is 4. The van der Waals surface area contributed by atoms with Gasteiger partial charge in [-0.05, 0) is 78.9 Å². The summed E-state index contributed by atoms with van der Waals surface area (Å²) in [6.45, 7) is 0. The molecule has 0 aliphatic carbocycles. The van der Waals surface area contributed by atoms with Crippen molar-refractivity contribution in [2.75, 3.05) is 0 Å². The number of aromatic nitrogens is 4. The van der Waals surface area contributed by atoms with Crippen LogP contribution < -0.4 is 0 Å². The summed E-state index contributed by atoms with van der Waals surface area (Å²) in [4.78, 5) is 5.33. The zero-order valence-electron chi connectivity index (χ0n) is 31.2. The second-order valence-corrected chi connectivity index (χ2v) is 15.1. The monoisotopic (exact) mass is 740 g/mol. The van der Waals surface area contributed by atoms with E-state index in [1.807, 2.05) is 0 Å². The first-order valence-corrected chi connectivity index (χ1v) is 19.7. The van der Waals surface area contributed by atoms with E-state index in [0.717, 1.165) is 83.5 Å². The predicted octanol–water partition coefficient (Wildman–Crippen LogP) is 13.9. The van der Waals surface area contributed by atoms with Crippen molar-refractivity contribution in [3.8, 4) is 28.5 Å². The average Bonchev–Trinajstić information content (AvgIpc) is 4.02. The van der Waals surface area contributed by atoms with Gasteiger partial charge in [-0.3, -0.25) is 4.57 Å². The maximum atomic E-state index is 6.97. The van der Waals surface area contributed by atoms with Gasteiger partial charge in [-0.1, -0.05) is 115 Å². The van der Waals surface area contributed by atoms with Crippen molar-refractivity contribution >= 4 is 87.4 Å². The summed E-state index contributed by atoms with van der Waals surface area (Å²) >= 11 is 0. The molecule has 0 unspecified atom stereocenters. The van der Waals surface area contributed by atoms with E-state index in [1.165, 1.54) is 32.3 Å². The SMILES string of the molecule is c1cc(-c2ccc3oc4c(-n5c6ccccc6c6ccccc65)cc(-n5c6ccccc6c6ccccc65)cc4c3c2)nc(-n2c3ccccc3c3ccccc32)c1. The Labute approximate surface area is 331 Å². The Morgan fingerprint density at radius 1 is 0.345 bits per heavy atom. The molecule has 0 aliphatic rings. The Balaban J connectivity index is 1.09. The van der Waals surface area contributed by atoms with Crippen LogP contribution in [-0.2, 0) is 0 Å². The third-order valence-corrected chi connectivity index (χ3v) is 12.0. The first-order valence-electron chi connectivity index (χ1n) is 19.7. The number of furan rings is 1. The highest BCUT2D eigenvalue weighted by Gasteiger charge is 2.22. The summed E-state index contributed by atoms with van der Waals surface area (Å²) in [6, 6.07) is 69.3. The molecule has 0 bridgehead atoms. The first kappa shape index (κ1) is 31.3. The molecule has 0 aliphatic heterocycles. The lowest BCUT2D eigenvalue weighted by molar-refractivity contribution is 0.666. The summed E-state index contributed by atoms with van der Waals surface area (Å²) in [5.74, 6) is 0.884. The second-order valence-electron chi connectivity index (χ2n) is 15.1. The maximum absolute atomic E-state index is 6.97. The number of rotatable bonds is 4. The number of fused-ring (bicyclic) bond motifs is 12. The minimum Gasteiger partial charge on any atom is -0.454 e. The standard InChI is InChI=1S/C53H32N4O/c1-7-21-44-35(14-1)36-15-2-8-22-45(36)55(44)34-31-42-41-30-33(43-20-13-27-52(54-43)57-48-25-11-5-18-39(48)40-19-6-12-26-49(40)57)28-29-51(41)58-53(42)50(32-34)56-46-23-9-3-16-37(46)38-17-4-10-24-47(38)56/h1-32H. The highest BCUT2D eigenvalue weighted by Crippen LogP contribution is 2.42. The summed E-state index contributed by atoms with van der Waals surface area (Å²) in [6.07, 6.45) is 0. The number of pyridine rings is 1. The van der Waals surface area contributed by atoms with E-state index < -0.39 is 0 Å². The van der Waals surface area contributed by atoms with E-state index in [4.69, 9.17) is 9.40 Å². The third-order valence-electron chi connectivity index (χ3n) is 12.0. The molecule has 8 aromatic carbocycles. The Kier molecular flexibility index (Phi) is 6.38. The second kappa shape index (κ2) is 11.8. The van der Waals surface area contributed by atoms with Crippen molar-refractivity contribution in [3.63, 3.8) is 0 Å². The van der Waals surface area contributed by atoms with Crippen molar-refractivity contribution in [2.24, 2.45) is 0 Å². The first-order chi connectivity index (χ1) is 28.8. The molecule has 0 spiro atoms. The highest BCUT2D eigenvalue weighted by atomic mass is 16.3. The van der Waals surface area contributed by atoms with Gasteiger partial charge in [0.2, 0.25) is 0 Å². The molecule has 5 heteroatoms. The van der Waals surface area contributed by atoms with E-state index in [2.05, 4.69) is 208 Å². The van der Waals surface area contributed by atoms with Gasteiger partial charge < -0.3 is 13.6 Å². The normalized spacial score (nSPS) is 12.1. The molecular weight excluding hydrogens is 709 g/mol. The molecule has 0 saturated heterocycles. The third kappa shape index (κ3) is 4.33. The topological polar surface area (TPSA) is 40.8 Å². The average molecular weight is 741 g/mol. The van der Waals surface area contributed by atoms with Crippen molar-refractivity contribution in [2.45, 2.75) is 0 Å². The largest absolute Gasteiger partial charge is 0.454 e. The Bertz CT molecular complexity index is 3660. The quantitative estimate of drug-likeness (QED) is 0.180. The van der Waals surface area contributed by atoms with Crippen LogP contribution >= 0.6 is 0 Å². The number of para-hydroxylation sites is 6. The van der Waals surface area contributed by atoms with Gasteiger partial charge in [0.1, 0.15) is 11.4 Å². The summed E-state index contributed by atoms with van der Waals surface area (Å²) < 4.78 is 14.0. The van der Waals surface area contributed by atoms with E-state index >= 15 is 0 Å². The number of hydrogen-bond acceptors (Lipinski definition) is 2. The molecule has 5 heterocycles. The van der Waals surface area contributed by atoms with Gasteiger partial charge in [-0.15, -0.1) is 0 Å². The van der Waals surface area contributed by atoms with E-state index in [-0.39, 0.29) is 0 Å². The van der Waals surface area contributed by atoms with Crippen molar-refractivity contribution in [1.29, 1.82) is 0 Å². The van der Waals surface area contributed by atoms with Crippen LogP contribution in [0.15, 0.2) is 199 Å². The van der Waals surface area contributed by atoms with Gasteiger partial charge in [0, 0.05) is 54.3 Å². The van der Waals surface area contributed by atoms with Gasteiger partial charge in [-0.2, -0.15) is 0 Å². The zero-order valence-corrected chi connectivity index (χ0v) is 31.2. The molecular formula is C53H32N4O. The fourth-order valence-corrected chi connectivity index (χ4v) is 9.56. The lowest BCUT2D eigenvalue weighted by atomic mass is 10.1. The molecule has 58 heavy (non-hydrogen) atoms. The molecule has 0 radical (unpaired) electrons.